The Morgan fingerprint density at radius 1 is 1.00 bits per heavy atom. The van der Waals surface area contributed by atoms with Gasteiger partial charge in [-0.3, -0.25) is 14.5 Å². The molecule has 3 aromatic rings. The zero-order valence-corrected chi connectivity index (χ0v) is 22.7. The Bertz CT molecular complexity index is 1350. The number of carboxylic acid groups (broad SMARTS) is 1. The van der Waals surface area contributed by atoms with Crippen LogP contribution < -0.4 is 14.2 Å². The van der Waals surface area contributed by atoms with Gasteiger partial charge in [-0.1, -0.05) is 41.6 Å². The Balaban J connectivity index is 1.90. The molecule has 38 heavy (non-hydrogen) atoms. The van der Waals surface area contributed by atoms with Crippen molar-refractivity contribution < 1.29 is 33.3 Å². The number of halogens is 1. The molecular weight excluding hydrogens is 509 g/mol. The van der Waals surface area contributed by atoms with Crippen molar-refractivity contribution >= 4 is 23.5 Å². The van der Waals surface area contributed by atoms with Gasteiger partial charge in [0.1, 0.15) is 11.5 Å². The lowest BCUT2D eigenvalue weighted by Crippen LogP contribution is -2.46. The van der Waals surface area contributed by atoms with Gasteiger partial charge >= 0.3 is 5.97 Å². The number of carboxylic acids is 1. The van der Waals surface area contributed by atoms with Crippen LogP contribution in [0.4, 0.5) is 4.39 Å². The highest BCUT2D eigenvalue weighted by atomic mass is 32.2. The van der Waals surface area contributed by atoms with Crippen molar-refractivity contribution in [2.45, 2.75) is 42.1 Å². The molecule has 4 rings (SSSR count). The van der Waals surface area contributed by atoms with Crippen molar-refractivity contribution in [1.82, 2.24) is 4.90 Å². The van der Waals surface area contributed by atoms with Crippen molar-refractivity contribution in [2.24, 2.45) is 0 Å². The van der Waals surface area contributed by atoms with Gasteiger partial charge in [0.2, 0.25) is 0 Å². The molecule has 1 fully saturated rings. The molecule has 0 amide bonds. The molecule has 3 unspecified atom stereocenters. The van der Waals surface area contributed by atoms with E-state index in [0.29, 0.717) is 22.0 Å². The van der Waals surface area contributed by atoms with Crippen molar-refractivity contribution in [3.8, 4) is 17.2 Å². The van der Waals surface area contributed by atoms with Gasteiger partial charge in [-0.25, -0.2) is 4.39 Å². The summed E-state index contributed by atoms with van der Waals surface area (Å²) in [6, 6.07) is 15.2. The lowest BCUT2D eigenvalue weighted by molar-refractivity contribution is -0.143. The maximum atomic E-state index is 14.4. The van der Waals surface area contributed by atoms with Crippen LogP contribution in [0.25, 0.3) is 0 Å². The van der Waals surface area contributed by atoms with Crippen molar-refractivity contribution in [2.75, 3.05) is 21.3 Å². The third kappa shape index (κ3) is 4.83. The van der Waals surface area contributed by atoms with E-state index in [0.717, 1.165) is 22.9 Å². The maximum Gasteiger partial charge on any atom is 0.329 e. The molecule has 1 saturated heterocycles. The first-order valence-corrected chi connectivity index (χ1v) is 12.8. The smallest absolute Gasteiger partial charge is 0.329 e. The van der Waals surface area contributed by atoms with E-state index in [-0.39, 0.29) is 12.3 Å². The summed E-state index contributed by atoms with van der Waals surface area (Å²) in [7, 11) is 4.43. The van der Waals surface area contributed by atoms with Crippen LogP contribution in [0.5, 0.6) is 17.2 Å². The summed E-state index contributed by atoms with van der Waals surface area (Å²) < 4.78 is 28.6. The van der Waals surface area contributed by atoms with E-state index in [1.165, 1.54) is 32.4 Å². The topological polar surface area (TPSA) is 85.3 Å². The van der Waals surface area contributed by atoms with E-state index in [4.69, 9.17) is 14.2 Å². The highest BCUT2D eigenvalue weighted by molar-refractivity contribution is 8.02. The SMILES string of the molecule is COc1ccc(CN2C(C)C(=O)C(Sc3ccc(C)cc3)(C(=O)O)C2c2ccc(F)c(OC)c2)c(OC)c1. The fourth-order valence-electron chi connectivity index (χ4n) is 4.90. The summed E-state index contributed by atoms with van der Waals surface area (Å²) in [6.07, 6.45) is 0. The lowest BCUT2D eigenvalue weighted by atomic mass is 9.91. The number of aryl methyl sites for hydroxylation is 1. The number of hydrogen-bond donors (Lipinski definition) is 1. The first-order valence-electron chi connectivity index (χ1n) is 12.0. The number of benzene rings is 3. The second-order valence-corrected chi connectivity index (χ2v) is 10.5. The molecule has 0 radical (unpaired) electrons. The average molecular weight is 540 g/mol. The number of Topliss-reactive ketones (excluding diaryl/α,β-unsaturated/α-hetero) is 1. The summed E-state index contributed by atoms with van der Waals surface area (Å²) in [4.78, 5) is 29.6. The monoisotopic (exact) mass is 539 g/mol. The minimum Gasteiger partial charge on any atom is -0.497 e. The average Bonchev–Trinajstić information content (AvgIpc) is 3.12. The lowest BCUT2D eigenvalue weighted by Gasteiger charge is -2.34. The molecule has 9 heteroatoms. The van der Waals surface area contributed by atoms with E-state index in [2.05, 4.69) is 0 Å². The highest BCUT2D eigenvalue weighted by Gasteiger charge is 2.64. The standard InChI is InChI=1S/C29H30FNO6S/c1-17-6-11-22(12-7-17)38-29(28(33)34)26(19-9-13-23(30)25(14-19)37-5)31(18(2)27(29)32)16-20-8-10-21(35-3)15-24(20)36-4/h6-15,18,26H,16H2,1-5H3,(H,33,34). The van der Waals surface area contributed by atoms with Gasteiger partial charge in [0.15, 0.2) is 22.1 Å². The number of thioether (sulfide) groups is 1. The number of likely N-dealkylation sites (tertiary alicyclic amines) is 1. The number of ether oxygens (including phenoxy) is 3. The summed E-state index contributed by atoms with van der Waals surface area (Å²) in [5.41, 5.74) is 2.21. The summed E-state index contributed by atoms with van der Waals surface area (Å²) in [6.45, 7) is 3.84. The first-order chi connectivity index (χ1) is 18.2. The summed E-state index contributed by atoms with van der Waals surface area (Å²) >= 11 is 1.00. The van der Waals surface area contributed by atoms with Crippen LogP contribution in [0, 0.1) is 12.7 Å². The van der Waals surface area contributed by atoms with Crippen LogP contribution >= 0.6 is 11.8 Å². The molecule has 0 spiro atoms. The zero-order valence-electron chi connectivity index (χ0n) is 21.9. The van der Waals surface area contributed by atoms with Crippen molar-refractivity contribution in [3.63, 3.8) is 0 Å². The highest BCUT2D eigenvalue weighted by Crippen LogP contribution is 2.53. The molecule has 1 aliphatic rings. The van der Waals surface area contributed by atoms with Crippen LogP contribution in [-0.2, 0) is 16.1 Å². The Morgan fingerprint density at radius 2 is 1.68 bits per heavy atom. The molecular formula is C29H30FNO6S. The predicted molar refractivity (Wildman–Crippen MR) is 143 cm³/mol. The largest absolute Gasteiger partial charge is 0.497 e. The van der Waals surface area contributed by atoms with E-state index in [1.807, 2.05) is 30.0 Å². The van der Waals surface area contributed by atoms with Gasteiger partial charge in [0.25, 0.3) is 0 Å². The van der Waals surface area contributed by atoms with Crippen LogP contribution in [0.15, 0.2) is 65.6 Å². The number of hydrogen-bond acceptors (Lipinski definition) is 7. The summed E-state index contributed by atoms with van der Waals surface area (Å²) in [5, 5.41) is 10.7. The Kier molecular flexibility index (Phi) is 7.99. The van der Waals surface area contributed by atoms with Crippen LogP contribution in [0.1, 0.15) is 29.7 Å². The Morgan fingerprint density at radius 3 is 2.29 bits per heavy atom. The fraction of sp³-hybridized carbons (Fsp3) is 0.310. The number of aliphatic carboxylic acids is 1. The van der Waals surface area contributed by atoms with Crippen molar-refractivity contribution in [3.05, 3.63) is 83.2 Å². The molecule has 200 valence electrons. The second kappa shape index (κ2) is 11.0. The predicted octanol–water partition coefficient (Wildman–Crippen LogP) is 5.29. The number of rotatable bonds is 9. The van der Waals surface area contributed by atoms with Crippen LogP contribution in [0.3, 0.4) is 0 Å². The quantitative estimate of drug-likeness (QED) is 0.367. The minimum absolute atomic E-state index is 0.0314. The molecule has 1 heterocycles. The van der Waals surface area contributed by atoms with E-state index >= 15 is 0 Å². The summed E-state index contributed by atoms with van der Waals surface area (Å²) in [5.74, 6) is -1.18. The molecule has 3 atom stereocenters. The number of carbonyl (C=O) groups excluding carboxylic acids is 1. The van der Waals surface area contributed by atoms with Crippen molar-refractivity contribution in [1.29, 1.82) is 0 Å². The molecule has 0 aromatic heterocycles. The molecule has 7 nitrogen and oxygen atoms in total. The number of methoxy groups -OCH3 is 3. The van der Waals surface area contributed by atoms with Gasteiger partial charge in [-0.05, 0) is 49.7 Å². The minimum atomic E-state index is -1.91. The van der Waals surface area contributed by atoms with Gasteiger partial charge in [-0.15, -0.1) is 0 Å². The van der Waals surface area contributed by atoms with Gasteiger partial charge in [0.05, 0.1) is 33.4 Å². The fourth-order valence-corrected chi connectivity index (χ4v) is 6.28. The maximum absolute atomic E-state index is 14.4. The molecule has 1 aliphatic heterocycles. The van der Waals surface area contributed by atoms with E-state index in [1.54, 1.807) is 38.3 Å². The van der Waals surface area contributed by atoms with E-state index < -0.39 is 34.4 Å². The molecule has 0 aliphatic carbocycles. The molecule has 3 aromatic carbocycles. The number of ketones is 1. The normalized spacial score (nSPS) is 21.4. The number of carbonyl (C=O) groups is 2. The molecule has 1 N–H and O–H groups in total. The third-order valence-corrected chi connectivity index (χ3v) is 8.34. The Labute approximate surface area is 225 Å². The van der Waals surface area contributed by atoms with E-state index in [9.17, 15) is 19.1 Å². The van der Waals surface area contributed by atoms with Crippen LogP contribution in [0.2, 0.25) is 0 Å². The second-order valence-electron chi connectivity index (χ2n) is 9.14. The molecule has 0 saturated carbocycles. The Hall–Kier alpha value is -3.56. The van der Waals surface area contributed by atoms with Crippen LogP contribution in [-0.4, -0.2) is 53.9 Å². The first kappa shape index (κ1) is 27.5. The third-order valence-electron chi connectivity index (χ3n) is 6.92. The van der Waals surface area contributed by atoms with Gasteiger partial charge in [0, 0.05) is 23.1 Å². The number of nitrogens with zero attached hydrogens (tertiary/aromatic N) is 1. The molecule has 0 bridgehead atoms. The van der Waals surface area contributed by atoms with Gasteiger partial charge in [-0.2, -0.15) is 0 Å². The zero-order chi connectivity index (χ0) is 27.6. The van der Waals surface area contributed by atoms with Gasteiger partial charge < -0.3 is 19.3 Å².